The molecule has 0 aliphatic heterocycles. The van der Waals surface area contributed by atoms with Crippen molar-refractivity contribution in [3.8, 4) is 0 Å². The Morgan fingerprint density at radius 1 is 1.30 bits per heavy atom. The van der Waals surface area contributed by atoms with Gasteiger partial charge in [0.25, 0.3) is 0 Å². The van der Waals surface area contributed by atoms with Crippen LogP contribution < -0.4 is 9.62 Å². The van der Waals surface area contributed by atoms with E-state index in [9.17, 15) is 8.42 Å². The van der Waals surface area contributed by atoms with Crippen LogP contribution in [0.3, 0.4) is 0 Å². The number of rotatable bonds is 6. The fraction of sp³-hybridized carbons (Fsp3) is 0.571. The summed E-state index contributed by atoms with van der Waals surface area (Å²) in [6.07, 6.45) is 0. The normalized spacial score (nSPS) is 12.5. The third-order valence-corrected chi connectivity index (χ3v) is 4.61. The van der Waals surface area contributed by atoms with Gasteiger partial charge in [-0.2, -0.15) is 0 Å². The first-order valence-electron chi connectivity index (χ1n) is 6.42. The Morgan fingerprint density at radius 3 is 2.40 bits per heavy atom. The van der Waals surface area contributed by atoms with Gasteiger partial charge in [-0.1, -0.05) is 6.07 Å². The van der Waals surface area contributed by atoms with Gasteiger partial charge in [-0.05, 0) is 38.5 Å². The highest BCUT2D eigenvalue weighted by molar-refractivity contribution is 7.89. The number of benzene rings is 1. The zero-order valence-corrected chi connectivity index (χ0v) is 13.8. The van der Waals surface area contributed by atoms with Crippen molar-refractivity contribution in [2.24, 2.45) is 0 Å². The SMILES string of the molecule is COC(C)(C)CNS(=O)(=O)c1ccc(C)c(N(C)C)c1. The van der Waals surface area contributed by atoms with Crippen LogP contribution in [0.15, 0.2) is 23.1 Å². The number of nitrogens with zero attached hydrogens (tertiary/aromatic N) is 1. The van der Waals surface area contributed by atoms with E-state index >= 15 is 0 Å². The molecule has 0 saturated carbocycles. The Bertz CT molecular complexity index is 566. The van der Waals surface area contributed by atoms with Crippen molar-refractivity contribution in [1.82, 2.24) is 4.72 Å². The van der Waals surface area contributed by atoms with Gasteiger partial charge in [-0.15, -0.1) is 0 Å². The van der Waals surface area contributed by atoms with Crippen molar-refractivity contribution in [2.45, 2.75) is 31.3 Å². The minimum absolute atomic E-state index is 0.219. The van der Waals surface area contributed by atoms with E-state index in [1.807, 2.05) is 45.8 Å². The number of methoxy groups -OCH3 is 1. The topological polar surface area (TPSA) is 58.6 Å². The first kappa shape index (κ1) is 16.9. The summed E-state index contributed by atoms with van der Waals surface area (Å²) in [5, 5.41) is 0. The Morgan fingerprint density at radius 2 is 1.90 bits per heavy atom. The first-order valence-corrected chi connectivity index (χ1v) is 7.90. The summed E-state index contributed by atoms with van der Waals surface area (Å²) >= 11 is 0. The summed E-state index contributed by atoms with van der Waals surface area (Å²) in [5.41, 5.74) is 1.38. The summed E-state index contributed by atoms with van der Waals surface area (Å²) in [5.74, 6) is 0. The van der Waals surface area contributed by atoms with Gasteiger partial charge in [-0.25, -0.2) is 13.1 Å². The lowest BCUT2D eigenvalue weighted by Crippen LogP contribution is -2.39. The van der Waals surface area contributed by atoms with E-state index < -0.39 is 15.6 Å². The molecule has 0 aliphatic rings. The smallest absolute Gasteiger partial charge is 0.240 e. The van der Waals surface area contributed by atoms with Crippen LogP contribution in [0, 0.1) is 6.92 Å². The second kappa shape index (κ2) is 6.11. The minimum atomic E-state index is -3.53. The first-order chi connectivity index (χ1) is 9.09. The average molecular weight is 300 g/mol. The molecule has 0 unspecified atom stereocenters. The predicted molar refractivity (Wildman–Crippen MR) is 81.8 cm³/mol. The molecular formula is C14H24N2O3S. The molecule has 5 nitrogen and oxygen atoms in total. The third kappa shape index (κ3) is 4.19. The molecule has 0 spiro atoms. The summed E-state index contributed by atoms with van der Waals surface area (Å²) in [6, 6.07) is 5.10. The fourth-order valence-electron chi connectivity index (χ4n) is 1.66. The monoisotopic (exact) mass is 300 g/mol. The van der Waals surface area contributed by atoms with E-state index in [1.165, 1.54) is 0 Å². The highest BCUT2D eigenvalue weighted by Gasteiger charge is 2.22. The van der Waals surface area contributed by atoms with Crippen LogP contribution >= 0.6 is 0 Å². The summed E-state index contributed by atoms with van der Waals surface area (Å²) < 4.78 is 32.4. The molecule has 1 aromatic carbocycles. The van der Waals surface area contributed by atoms with Crippen molar-refractivity contribution in [1.29, 1.82) is 0 Å². The minimum Gasteiger partial charge on any atom is -0.377 e. The predicted octanol–water partition coefficient (Wildman–Crippen LogP) is 1.76. The number of anilines is 1. The van der Waals surface area contributed by atoms with Gasteiger partial charge in [0.15, 0.2) is 0 Å². The van der Waals surface area contributed by atoms with Crippen LogP contribution in [0.4, 0.5) is 5.69 Å². The maximum Gasteiger partial charge on any atom is 0.240 e. The lowest BCUT2D eigenvalue weighted by atomic mass is 10.1. The number of hydrogen-bond acceptors (Lipinski definition) is 4. The molecule has 0 heterocycles. The van der Waals surface area contributed by atoms with E-state index in [0.29, 0.717) is 0 Å². The Hall–Kier alpha value is -1.11. The number of sulfonamides is 1. The highest BCUT2D eigenvalue weighted by Crippen LogP contribution is 2.22. The van der Waals surface area contributed by atoms with E-state index in [0.717, 1.165) is 11.3 Å². The summed E-state index contributed by atoms with van der Waals surface area (Å²) in [7, 11) is 1.81. The van der Waals surface area contributed by atoms with Crippen LogP contribution in [0.25, 0.3) is 0 Å². The molecule has 0 fully saturated rings. The molecule has 114 valence electrons. The molecule has 0 atom stereocenters. The lowest BCUT2D eigenvalue weighted by Gasteiger charge is -2.23. The Labute approximate surface area is 122 Å². The van der Waals surface area contributed by atoms with Gasteiger partial charge >= 0.3 is 0 Å². The maximum atomic E-state index is 12.3. The van der Waals surface area contributed by atoms with Gasteiger partial charge in [0.1, 0.15) is 0 Å². The van der Waals surface area contributed by atoms with Gasteiger partial charge in [0, 0.05) is 33.4 Å². The second-order valence-corrected chi connectivity index (χ2v) is 7.40. The molecule has 0 aromatic heterocycles. The van der Waals surface area contributed by atoms with Crippen molar-refractivity contribution < 1.29 is 13.2 Å². The quantitative estimate of drug-likeness (QED) is 0.870. The molecule has 0 bridgehead atoms. The molecule has 0 amide bonds. The van der Waals surface area contributed by atoms with Gasteiger partial charge in [0.2, 0.25) is 10.0 Å². The average Bonchev–Trinajstić information content (AvgIpc) is 2.36. The number of hydrogen-bond donors (Lipinski definition) is 1. The molecule has 1 aromatic rings. The molecular weight excluding hydrogens is 276 g/mol. The summed E-state index contributed by atoms with van der Waals surface area (Å²) in [6.45, 7) is 5.83. The second-order valence-electron chi connectivity index (χ2n) is 5.63. The summed E-state index contributed by atoms with van der Waals surface area (Å²) in [4.78, 5) is 2.16. The van der Waals surface area contributed by atoms with Gasteiger partial charge in [-0.3, -0.25) is 0 Å². The Balaban J connectivity index is 3.02. The van der Waals surface area contributed by atoms with E-state index in [4.69, 9.17) is 4.74 Å². The van der Waals surface area contributed by atoms with Crippen LogP contribution in [0.2, 0.25) is 0 Å². The fourth-order valence-corrected chi connectivity index (χ4v) is 2.88. The number of nitrogens with one attached hydrogen (secondary N) is 1. The molecule has 6 heteroatoms. The van der Waals surface area contributed by atoms with Crippen LogP contribution in [0.1, 0.15) is 19.4 Å². The molecule has 20 heavy (non-hydrogen) atoms. The van der Waals surface area contributed by atoms with E-state index in [2.05, 4.69) is 4.72 Å². The number of ether oxygens (including phenoxy) is 1. The van der Waals surface area contributed by atoms with Crippen molar-refractivity contribution in [3.63, 3.8) is 0 Å². The lowest BCUT2D eigenvalue weighted by molar-refractivity contribution is 0.0276. The maximum absolute atomic E-state index is 12.3. The van der Waals surface area contributed by atoms with Crippen molar-refractivity contribution >= 4 is 15.7 Å². The van der Waals surface area contributed by atoms with Crippen molar-refractivity contribution in [2.75, 3.05) is 32.6 Å². The largest absolute Gasteiger partial charge is 0.377 e. The van der Waals surface area contributed by atoms with Crippen LogP contribution in [-0.2, 0) is 14.8 Å². The highest BCUT2D eigenvalue weighted by atomic mass is 32.2. The molecule has 1 rings (SSSR count). The van der Waals surface area contributed by atoms with E-state index in [1.54, 1.807) is 19.2 Å². The van der Waals surface area contributed by atoms with Crippen molar-refractivity contribution in [3.05, 3.63) is 23.8 Å². The van der Waals surface area contributed by atoms with E-state index in [-0.39, 0.29) is 11.4 Å². The molecule has 1 N–H and O–H groups in total. The molecule has 0 saturated heterocycles. The number of aryl methyl sites for hydroxylation is 1. The zero-order valence-electron chi connectivity index (χ0n) is 13.0. The molecule has 0 radical (unpaired) electrons. The van der Waals surface area contributed by atoms with Crippen LogP contribution in [-0.4, -0.2) is 41.8 Å². The standard InChI is InChI=1S/C14H24N2O3S/c1-11-7-8-12(9-13(11)16(4)5)20(17,18)15-10-14(2,3)19-6/h7-9,15H,10H2,1-6H3. The third-order valence-electron chi connectivity index (χ3n) is 3.21. The zero-order chi connectivity index (χ0) is 15.6. The van der Waals surface area contributed by atoms with Gasteiger partial charge < -0.3 is 9.64 Å². The van der Waals surface area contributed by atoms with Gasteiger partial charge in [0.05, 0.1) is 10.5 Å². The molecule has 0 aliphatic carbocycles. The Kier molecular flexibility index (Phi) is 5.18. The van der Waals surface area contributed by atoms with Crippen LogP contribution in [0.5, 0.6) is 0 Å².